The van der Waals surface area contributed by atoms with Crippen molar-refractivity contribution < 1.29 is 4.74 Å². The summed E-state index contributed by atoms with van der Waals surface area (Å²) in [6, 6.07) is 6.47. The number of rotatable bonds is 4. The van der Waals surface area contributed by atoms with Crippen LogP contribution in [-0.4, -0.2) is 12.6 Å². The van der Waals surface area contributed by atoms with E-state index in [2.05, 4.69) is 19.1 Å². The lowest BCUT2D eigenvalue weighted by atomic mass is 10.0. The lowest BCUT2D eigenvalue weighted by Gasteiger charge is -2.10. The van der Waals surface area contributed by atoms with Crippen LogP contribution in [0.4, 0.5) is 0 Å². The minimum atomic E-state index is 0. The van der Waals surface area contributed by atoms with Crippen molar-refractivity contribution in [3.05, 3.63) is 29.3 Å². The first-order chi connectivity index (χ1) is 6.63. The van der Waals surface area contributed by atoms with Gasteiger partial charge >= 0.3 is 0 Å². The second-order valence-corrected chi connectivity index (χ2v) is 3.71. The number of nitrogens with two attached hydrogens (primary N) is 1. The summed E-state index contributed by atoms with van der Waals surface area (Å²) < 4.78 is 5.47. The van der Waals surface area contributed by atoms with Crippen molar-refractivity contribution in [3.8, 4) is 5.75 Å². The largest absolute Gasteiger partial charge is 0.494 e. The average Bonchev–Trinajstić information content (AvgIpc) is 2.09. The van der Waals surface area contributed by atoms with Crippen LogP contribution < -0.4 is 10.5 Å². The van der Waals surface area contributed by atoms with Gasteiger partial charge in [-0.15, -0.1) is 12.4 Å². The number of halogens is 1. The van der Waals surface area contributed by atoms with Crippen LogP contribution in [0.1, 0.15) is 25.0 Å². The molecular weight excluding hydrogens is 210 g/mol. The molecule has 86 valence electrons. The Kier molecular flexibility index (Phi) is 6.37. The van der Waals surface area contributed by atoms with Gasteiger partial charge in [-0.2, -0.15) is 0 Å². The number of hydrogen-bond acceptors (Lipinski definition) is 2. The number of hydrogen-bond donors (Lipinski definition) is 1. The fourth-order valence-electron chi connectivity index (χ4n) is 1.53. The zero-order chi connectivity index (χ0) is 10.6. The Balaban J connectivity index is 0.00000196. The van der Waals surface area contributed by atoms with Gasteiger partial charge in [-0.25, -0.2) is 0 Å². The molecule has 0 saturated carbocycles. The molecule has 0 spiro atoms. The van der Waals surface area contributed by atoms with Gasteiger partial charge in [0, 0.05) is 6.04 Å². The van der Waals surface area contributed by atoms with E-state index in [1.54, 1.807) is 0 Å². The first-order valence-electron chi connectivity index (χ1n) is 5.11. The van der Waals surface area contributed by atoms with Crippen LogP contribution in [0, 0.1) is 6.92 Å². The molecule has 2 nitrogen and oxygen atoms in total. The molecule has 0 aliphatic carbocycles. The van der Waals surface area contributed by atoms with Crippen molar-refractivity contribution in [1.29, 1.82) is 0 Å². The molecule has 3 heteroatoms. The Labute approximate surface area is 98.2 Å². The molecule has 0 amide bonds. The van der Waals surface area contributed by atoms with Crippen LogP contribution in [-0.2, 0) is 6.42 Å². The number of benzene rings is 1. The molecular formula is C12H20ClNO. The molecule has 1 aromatic carbocycles. The number of aryl methyl sites for hydroxylation is 1. The van der Waals surface area contributed by atoms with E-state index in [0.717, 1.165) is 12.2 Å². The van der Waals surface area contributed by atoms with Crippen LogP contribution in [0.2, 0.25) is 0 Å². The van der Waals surface area contributed by atoms with Crippen molar-refractivity contribution in [2.45, 2.75) is 33.2 Å². The van der Waals surface area contributed by atoms with Crippen molar-refractivity contribution in [2.24, 2.45) is 5.73 Å². The maximum Gasteiger partial charge on any atom is 0.122 e. The first kappa shape index (κ1) is 14.3. The van der Waals surface area contributed by atoms with E-state index >= 15 is 0 Å². The third kappa shape index (κ3) is 4.54. The van der Waals surface area contributed by atoms with Crippen molar-refractivity contribution >= 4 is 12.4 Å². The molecule has 0 aromatic heterocycles. The van der Waals surface area contributed by atoms with Gasteiger partial charge in [0.15, 0.2) is 0 Å². The molecule has 15 heavy (non-hydrogen) atoms. The van der Waals surface area contributed by atoms with Gasteiger partial charge in [-0.1, -0.05) is 12.1 Å². The van der Waals surface area contributed by atoms with Crippen molar-refractivity contribution in [2.75, 3.05) is 6.61 Å². The maximum absolute atomic E-state index is 5.74. The molecule has 0 radical (unpaired) electrons. The molecule has 0 aliphatic rings. The van der Waals surface area contributed by atoms with E-state index in [1.807, 2.05) is 19.9 Å². The summed E-state index contributed by atoms with van der Waals surface area (Å²) >= 11 is 0. The second-order valence-electron chi connectivity index (χ2n) is 3.71. The zero-order valence-electron chi connectivity index (χ0n) is 9.62. The monoisotopic (exact) mass is 229 g/mol. The third-order valence-electron chi connectivity index (χ3n) is 2.10. The summed E-state index contributed by atoms with van der Waals surface area (Å²) in [4.78, 5) is 0. The lowest BCUT2D eigenvalue weighted by molar-refractivity contribution is 0.338. The third-order valence-corrected chi connectivity index (χ3v) is 2.10. The molecule has 0 saturated heterocycles. The first-order valence-corrected chi connectivity index (χ1v) is 5.11. The highest BCUT2D eigenvalue weighted by atomic mass is 35.5. The van der Waals surface area contributed by atoms with Crippen LogP contribution >= 0.6 is 12.4 Å². The van der Waals surface area contributed by atoms with Gasteiger partial charge < -0.3 is 10.5 Å². The average molecular weight is 230 g/mol. The molecule has 1 atom stereocenters. The summed E-state index contributed by atoms with van der Waals surface area (Å²) in [5, 5.41) is 0. The lowest BCUT2D eigenvalue weighted by Crippen LogP contribution is -2.17. The second kappa shape index (κ2) is 6.70. The van der Waals surface area contributed by atoms with Gasteiger partial charge in [-0.3, -0.25) is 0 Å². The summed E-state index contributed by atoms with van der Waals surface area (Å²) in [6.07, 6.45) is 0.924. The molecule has 0 bridgehead atoms. The van der Waals surface area contributed by atoms with Gasteiger partial charge in [0.2, 0.25) is 0 Å². The summed E-state index contributed by atoms with van der Waals surface area (Å²) in [6.45, 7) is 6.80. The quantitative estimate of drug-likeness (QED) is 0.862. The summed E-state index contributed by atoms with van der Waals surface area (Å²) in [5.41, 5.74) is 8.20. The smallest absolute Gasteiger partial charge is 0.122 e. The van der Waals surface area contributed by atoms with Crippen LogP contribution in [0.25, 0.3) is 0 Å². The standard InChI is InChI=1S/C12H19NO.ClH/c1-4-14-12-6-5-11(7-9(12)2)8-10(3)13;/h5-7,10H,4,8,13H2,1-3H3;1H. The van der Waals surface area contributed by atoms with Gasteiger partial charge in [-0.05, 0) is 44.4 Å². The van der Waals surface area contributed by atoms with E-state index in [-0.39, 0.29) is 18.4 Å². The van der Waals surface area contributed by atoms with Gasteiger partial charge in [0.1, 0.15) is 5.75 Å². The normalized spacial score (nSPS) is 11.7. The molecule has 0 fully saturated rings. The molecule has 1 unspecified atom stereocenters. The van der Waals surface area contributed by atoms with E-state index < -0.39 is 0 Å². The van der Waals surface area contributed by atoms with E-state index in [1.165, 1.54) is 11.1 Å². The highest BCUT2D eigenvalue weighted by molar-refractivity contribution is 5.85. The van der Waals surface area contributed by atoms with Crippen molar-refractivity contribution in [1.82, 2.24) is 0 Å². The molecule has 0 heterocycles. The highest BCUT2D eigenvalue weighted by Gasteiger charge is 2.02. The fraction of sp³-hybridized carbons (Fsp3) is 0.500. The summed E-state index contributed by atoms with van der Waals surface area (Å²) in [7, 11) is 0. The Morgan fingerprint density at radius 2 is 2.07 bits per heavy atom. The zero-order valence-corrected chi connectivity index (χ0v) is 10.4. The topological polar surface area (TPSA) is 35.2 Å². The fourth-order valence-corrected chi connectivity index (χ4v) is 1.53. The van der Waals surface area contributed by atoms with Crippen molar-refractivity contribution in [3.63, 3.8) is 0 Å². The van der Waals surface area contributed by atoms with E-state index in [4.69, 9.17) is 10.5 Å². The molecule has 1 rings (SSSR count). The Morgan fingerprint density at radius 1 is 1.40 bits per heavy atom. The minimum absolute atomic E-state index is 0. The van der Waals surface area contributed by atoms with Gasteiger partial charge in [0.25, 0.3) is 0 Å². The molecule has 0 aliphatic heterocycles. The SMILES string of the molecule is CCOc1ccc(CC(C)N)cc1C.Cl. The summed E-state index contributed by atoms with van der Waals surface area (Å²) in [5.74, 6) is 0.973. The number of ether oxygens (including phenoxy) is 1. The highest BCUT2D eigenvalue weighted by Crippen LogP contribution is 2.19. The Bertz CT molecular complexity index is 300. The Hall–Kier alpha value is -0.730. The van der Waals surface area contributed by atoms with Crippen LogP contribution in [0.3, 0.4) is 0 Å². The van der Waals surface area contributed by atoms with Crippen LogP contribution in [0.15, 0.2) is 18.2 Å². The molecule has 2 N–H and O–H groups in total. The van der Waals surface area contributed by atoms with Gasteiger partial charge in [0.05, 0.1) is 6.61 Å². The predicted molar refractivity (Wildman–Crippen MR) is 66.9 cm³/mol. The van der Waals surface area contributed by atoms with E-state index in [0.29, 0.717) is 6.61 Å². The minimum Gasteiger partial charge on any atom is -0.494 e. The van der Waals surface area contributed by atoms with E-state index in [9.17, 15) is 0 Å². The molecule has 1 aromatic rings. The maximum atomic E-state index is 5.74. The van der Waals surface area contributed by atoms with Crippen LogP contribution in [0.5, 0.6) is 5.75 Å². The Morgan fingerprint density at radius 3 is 2.53 bits per heavy atom. The predicted octanol–water partition coefficient (Wildman–Crippen LogP) is 2.71.